The molecule has 1 heterocycles. The molecule has 1 fully saturated rings. The fraction of sp³-hybridized carbons (Fsp3) is 0.778. The summed E-state index contributed by atoms with van der Waals surface area (Å²) in [6, 6.07) is 0. The van der Waals surface area contributed by atoms with Crippen molar-refractivity contribution in [2.45, 2.75) is 38.0 Å². The van der Waals surface area contributed by atoms with E-state index in [0.717, 1.165) is 31.0 Å². The molecular weight excluding hydrogens is 166 g/mol. The molecule has 0 atom stereocenters. The lowest BCUT2D eigenvalue weighted by Crippen LogP contribution is -2.41. The highest BCUT2D eigenvalue weighted by molar-refractivity contribution is 5.11. The van der Waals surface area contributed by atoms with E-state index in [1.807, 2.05) is 6.92 Å². The van der Waals surface area contributed by atoms with Crippen LogP contribution in [0.15, 0.2) is 4.52 Å². The fourth-order valence-corrected chi connectivity index (χ4v) is 1.72. The average molecular weight is 181 g/mol. The fourth-order valence-electron chi connectivity index (χ4n) is 1.72. The number of hydrogen-bond donors (Lipinski definition) is 1. The first-order chi connectivity index (χ1) is 6.30. The van der Waals surface area contributed by atoms with Crippen molar-refractivity contribution < 1.29 is 4.52 Å². The average Bonchev–Trinajstić information content (AvgIpc) is 2.52. The predicted molar refractivity (Wildman–Crippen MR) is 48.3 cm³/mol. The second-order valence-corrected chi connectivity index (χ2v) is 3.71. The molecule has 0 saturated heterocycles. The molecule has 1 aliphatic rings. The summed E-state index contributed by atoms with van der Waals surface area (Å²) in [5.74, 6) is 1.54. The molecule has 4 nitrogen and oxygen atoms in total. The van der Waals surface area contributed by atoms with E-state index in [4.69, 9.17) is 10.3 Å². The molecule has 0 amide bonds. The van der Waals surface area contributed by atoms with Crippen molar-refractivity contribution in [2.24, 2.45) is 5.73 Å². The molecule has 2 N–H and O–H groups in total. The molecule has 1 aromatic rings. The Morgan fingerprint density at radius 1 is 1.54 bits per heavy atom. The Kier molecular flexibility index (Phi) is 2.07. The first-order valence-corrected chi connectivity index (χ1v) is 4.84. The Morgan fingerprint density at radius 2 is 2.31 bits per heavy atom. The highest BCUT2D eigenvalue weighted by Gasteiger charge is 2.42. The van der Waals surface area contributed by atoms with Gasteiger partial charge in [-0.25, -0.2) is 0 Å². The van der Waals surface area contributed by atoms with Crippen LogP contribution in [0.25, 0.3) is 0 Å². The highest BCUT2D eigenvalue weighted by Crippen LogP contribution is 2.41. The minimum atomic E-state index is 0.0143. The zero-order valence-electron chi connectivity index (χ0n) is 7.92. The first-order valence-electron chi connectivity index (χ1n) is 4.84. The topological polar surface area (TPSA) is 64.9 Å². The van der Waals surface area contributed by atoms with Crippen LogP contribution in [0.5, 0.6) is 0 Å². The molecular formula is C9H15N3O. The summed E-state index contributed by atoms with van der Waals surface area (Å²) in [5.41, 5.74) is 5.74. The van der Waals surface area contributed by atoms with Crippen molar-refractivity contribution in [1.29, 1.82) is 0 Å². The number of aromatic nitrogens is 2. The first kappa shape index (κ1) is 8.69. The van der Waals surface area contributed by atoms with E-state index < -0.39 is 0 Å². The van der Waals surface area contributed by atoms with Crippen LogP contribution in [0.1, 0.15) is 37.9 Å². The van der Waals surface area contributed by atoms with Crippen LogP contribution in [-0.2, 0) is 11.8 Å². The lowest BCUT2D eigenvalue weighted by atomic mass is 9.69. The Labute approximate surface area is 77.5 Å². The van der Waals surface area contributed by atoms with Crippen LogP contribution in [0, 0.1) is 0 Å². The molecule has 0 spiro atoms. The Bertz CT molecular complexity index is 285. The Hall–Kier alpha value is -0.900. The lowest BCUT2D eigenvalue weighted by molar-refractivity contribution is 0.181. The Balaban J connectivity index is 2.23. The van der Waals surface area contributed by atoms with Gasteiger partial charge in [-0.2, -0.15) is 4.98 Å². The molecule has 2 rings (SSSR count). The molecule has 72 valence electrons. The second kappa shape index (κ2) is 3.10. The van der Waals surface area contributed by atoms with Gasteiger partial charge in [0.1, 0.15) is 0 Å². The second-order valence-electron chi connectivity index (χ2n) is 3.71. The van der Waals surface area contributed by atoms with Crippen LogP contribution in [-0.4, -0.2) is 16.7 Å². The number of hydrogen-bond acceptors (Lipinski definition) is 4. The van der Waals surface area contributed by atoms with Crippen molar-refractivity contribution in [3.8, 4) is 0 Å². The third-order valence-corrected chi connectivity index (χ3v) is 2.94. The minimum absolute atomic E-state index is 0.0143. The summed E-state index contributed by atoms with van der Waals surface area (Å²) in [4.78, 5) is 4.34. The van der Waals surface area contributed by atoms with Crippen molar-refractivity contribution in [3.05, 3.63) is 11.7 Å². The smallest absolute Gasteiger partial charge is 0.234 e. The number of aryl methyl sites for hydroxylation is 1. The molecule has 0 unspecified atom stereocenters. The van der Waals surface area contributed by atoms with Gasteiger partial charge in [0.05, 0.1) is 5.41 Å². The van der Waals surface area contributed by atoms with Crippen molar-refractivity contribution in [3.63, 3.8) is 0 Å². The van der Waals surface area contributed by atoms with Crippen molar-refractivity contribution in [2.75, 3.05) is 6.54 Å². The van der Waals surface area contributed by atoms with Gasteiger partial charge in [0.2, 0.25) is 5.89 Å². The van der Waals surface area contributed by atoms with Gasteiger partial charge in [-0.3, -0.25) is 0 Å². The monoisotopic (exact) mass is 181 g/mol. The Morgan fingerprint density at radius 3 is 2.69 bits per heavy atom. The van der Waals surface area contributed by atoms with Crippen LogP contribution >= 0.6 is 0 Å². The summed E-state index contributed by atoms with van der Waals surface area (Å²) in [6.45, 7) is 2.64. The lowest BCUT2D eigenvalue weighted by Gasteiger charge is -2.36. The number of nitrogens with two attached hydrogens (primary N) is 1. The zero-order valence-corrected chi connectivity index (χ0v) is 7.92. The van der Waals surface area contributed by atoms with Gasteiger partial charge in [0.15, 0.2) is 5.82 Å². The van der Waals surface area contributed by atoms with Crippen molar-refractivity contribution >= 4 is 0 Å². The summed E-state index contributed by atoms with van der Waals surface area (Å²) < 4.78 is 5.21. The molecule has 0 aliphatic heterocycles. The van der Waals surface area contributed by atoms with E-state index in [1.54, 1.807) is 0 Å². The van der Waals surface area contributed by atoms with Gasteiger partial charge in [-0.15, -0.1) is 0 Å². The normalized spacial score (nSPS) is 19.8. The van der Waals surface area contributed by atoms with Gasteiger partial charge in [0.25, 0.3) is 0 Å². The van der Waals surface area contributed by atoms with E-state index in [9.17, 15) is 0 Å². The van der Waals surface area contributed by atoms with Gasteiger partial charge < -0.3 is 10.3 Å². The summed E-state index contributed by atoms with van der Waals surface area (Å²) in [6.07, 6.45) is 4.23. The van der Waals surface area contributed by atoms with Crippen LogP contribution in [0.2, 0.25) is 0 Å². The van der Waals surface area contributed by atoms with Gasteiger partial charge in [-0.1, -0.05) is 18.5 Å². The third-order valence-electron chi connectivity index (χ3n) is 2.94. The standard InChI is InChI=1S/C9H15N3O/c1-2-7-11-8(13-12-7)9(6-10)4-3-5-9/h2-6,10H2,1H3. The minimum Gasteiger partial charge on any atom is -0.339 e. The molecule has 13 heavy (non-hydrogen) atoms. The van der Waals surface area contributed by atoms with Gasteiger partial charge in [-0.05, 0) is 12.8 Å². The molecule has 1 aromatic heterocycles. The number of nitrogens with zero attached hydrogens (tertiary/aromatic N) is 2. The maximum Gasteiger partial charge on any atom is 0.234 e. The molecule has 0 bridgehead atoms. The largest absolute Gasteiger partial charge is 0.339 e. The maximum absolute atomic E-state index is 5.72. The molecule has 4 heteroatoms. The van der Waals surface area contributed by atoms with E-state index in [-0.39, 0.29) is 5.41 Å². The van der Waals surface area contributed by atoms with Gasteiger partial charge in [0, 0.05) is 13.0 Å². The predicted octanol–water partition coefficient (Wildman–Crippen LogP) is 1.01. The summed E-state index contributed by atoms with van der Waals surface area (Å²) in [5, 5.41) is 3.89. The molecule has 1 aliphatic carbocycles. The van der Waals surface area contributed by atoms with Crippen molar-refractivity contribution in [1.82, 2.24) is 10.1 Å². The van der Waals surface area contributed by atoms with E-state index in [2.05, 4.69) is 10.1 Å². The molecule has 0 radical (unpaired) electrons. The van der Waals surface area contributed by atoms with Crippen LogP contribution < -0.4 is 5.73 Å². The van der Waals surface area contributed by atoms with E-state index >= 15 is 0 Å². The molecule has 0 aromatic carbocycles. The van der Waals surface area contributed by atoms with Crippen LogP contribution in [0.4, 0.5) is 0 Å². The number of rotatable bonds is 3. The maximum atomic E-state index is 5.72. The van der Waals surface area contributed by atoms with E-state index in [1.165, 1.54) is 6.42 Å². The summed E-state index contributed by atoms with van der Waals surface area (Å²) >= 11 is 0. The van der Waals surface area contributed by atoms with E-state index in [0.29, 0.717) is 6.54 Å². The molecule has 1 saturated carbocycles. The quantitative estimate of drug-likeness (QED) is 0.755. The SMILES string of the molecule is CCc1noc(C2(CN)CCC2)n1. The summed E-state index contributed by atoms with van der Waals surface area (Å²) in [7, 11) is 0. The third kappa shape index (κ3) is 1.25. The van der Waals surface area contributed by atoms with Gasteiger partial charge >= 0.3 is 0 Å². The van der Waals surface area contributed by atoms with Crippen LogP contribution in [0.3, 0.4) is 0 Å². The highest BCUT2D eigenvalue weighted by atomic mass is 16.5. The zero-order chi connectivity index (χ0) is 9.31.